The normalized spacial score (nSPS) is 12.1. The summed E-state index contributed by atoms with van der Waals surface area (Å²) in [5.41, 5.74) is 0. The molecule has 0 fully saturated rings. The molecule has 0 bridgehead atoms. The predicted molar refractivity (Wildman–Crippen MR) is 51.0 cm³/mol. The molecule has 0 spiro atoms. The van der Waals surface area contributed by atoms with Gasteiger partial charge in [-0.1, -0.05) is 13.3 Å². The summed E-state index contributed by atoms with van der Waals surface area (Å²) in [7, 11) is 0. The van der Waals surface area contributed by atoms with Crippen LogP contribution in [0.4, 0.5) is 0 Å². The average molecular weight is 203 g/mol. The predicted octanol–water partition coefficient (Wildman–Crippen LogP) is 0.392. The van der Waals surface area contributed by atoms with Crippen molar-refractivity contribution >= 4 is 11.9 Å². The van der Waals surface area contributed by atoms with Gasteiger partial charge in [0.15, 0.2) is 6.04 Å². The van der Waals surface area contributed by atoms with Crippen molar-refractivity contribution in [1.29, 1.82) is 0 Å². The van der Waals surface area contributed by atoms with E-state index in [2.05, 4.69) is 5.32 Å². The number of hydrogen-bond acceptors (Lipinski definition) is 3. The van der Waals surface area contributed by atoms with E-state index in [0.717, 1.165) is 12.8 Å². The minimum absolute atomic E-state index is 0.0227. The summed E-state index contributed by atoms with van der Waals surface area (Å²) in [5, 5.41) is 11.0. The standard InChI is InChI=1S/C9H17NO4/c1-3-4-5-14-6-8(9(12)13)10-7(2)11/h8H,3-6H2,1-2H3,(H,10,11)(H,12,13)/t8-/m0/s1. The molecule has 82 valence electrons. The highest BCUT2D eigenvalue weighted by Crippen LogP contribution is 1.91. The molecule has 0 rings (SSSR count). The van der Waals surface area contributed by atoms with E-state index < -0.39 is 12.0 Å². The molecule has 2 N–H and O–H groups in total. The van der Waals surface area contributed by atoms with Crippen molar-refractivity contribution in [2.24, 2.45) is 0 Å². The van der Waals surface area contributed by atoms with Gasteiger partial charge in [-0.2, -0.15) is 0 Å². The number of carboxylic acid groups (broad SMARTS) is 1. The van der Waals surface area contributed by atoms with E-state index in [0.29, 0.717) is 6.61 Å². The molecule has 0 aromatic rings. The van der Waals surface area contributed by atoms with Crippen LogP contribution in [0.25, 0.3) is 0 Å². The van der Waals surface area contributed by atoms with Crippen molar-refractivity contribution in [1.82, 2.24) is 5.32 Å². The van der Waals surface area contributed by atoms with E-state index in [1.165, 1.54) is 6.92 Å². The van der Waals surface area contributed by atoms with Crippen LogP contribution in [0.15, 0.2) is 0 Å². The largest absolute Gasteiger partial charge is 0.480 e. The van der Waals surface area contributed by atoms with E-state index in [-0.39, 0.29) is 12.5 Å². The van der Waals surface area contributed by atoms with Gasteiger partial charge < -0.3 is 15.2 Å². The molecule has 14 heavy (non-hydrogen) atoms. The summed E-state index contributed by atoms with van der Waals surface area (Å²) >= 11 is 0. The summed E-state index contributed by atoms with van der Waals surface area (Å²) in [4.78, 5) is 21.2. The lowest BCUT2D eigenvalue weighted by molar-refractivity contribution is -0.143. The maximum absolute atomic E-state index is 10.6. The van der Waals surface area contributed by atoms with E-state index in [9.17, 15) is 9.59 Å². The van der Waals surface area contributed by atoms with Gasteiger partial charge in [0.05, 0.1) is 6.61 Å². The van der Waals surface area contributed by atoms with E-state index in [1.54, 1.807) is 0 Å². The number of hydrogen-bond donors (Lipinski definition) is 2. The van der Waals surface area contributed by atoms with Gasteiger partial charge in [0.1, 0.15) is 0 Å². The second-order valence-electron chi connectivity index (χ2n) is 3.02. The first-order valence-corrected chi connectivity index (χ1v) is 4.65. The summed E-state index contributed by atoms with van der Waals surface area (Å²) in [6, 6.07) is -0.940. The Labute approximate surface area is 83.4 Å². The summed E-state index contributed by atoms with van der Waals surface area (Å²) in [6.45, 7) is 3.85. The molecule has 5 nitrogen and oxygen atoms in total. The monoisotopic (exact) mass is 203 g/mol. The summed E-state index contributed by atoms with van der Waals surface area (Å²) < 4.78 is 5.10. The molecule has 5 heteroatoms. The zero-order chi connectivity index (χ0) is 11.0. The van der Waals surface area contributed by atoms with Crippen molar-refractivity contribution < 1.29 is 19.4 Å². The maximum Gasteiger partial charge on any atom is 0.328 e. The van der Waals surface area contributed by atoms with Gasteiger partial charge in [-0.25, -0.2) is 4.79 Å². The topological polar surface area (TPSA) is 75.6 Å². The fraction of sp³-hybridized carbons (Fsp3) is 0.778. The first-order chi connectivity index (χ1) is 6.57. The summed E-state index contributed by atoms with van der Waals surface area (Å²) in [6.07, 6.45) is 1.89. The fourth-order valence-corrected chi connectivity index (χ4v) is 0.868. The minimum Gasteiger partial charge on any atom is -0.480 e. The Morgan fingerprint density at radius 3 is 2.57 bits per heavy atom. The van der Waals surface area contributed by atoms with Crippen molar-refractivity contribution in [2.45, 2.75) is 32.7 Å². The fourth-order valence-electron chi connectivity index (χ4n) is 0.868. The number of carboxylic acids is 1. The second kappa shape index (κ2) is 7.32. The number of unbranched alkanes of at least 4 members (excludes halogenated alkanes) is 1. The molecular formula is C9H17NO4. The molecule has 0 aliphatic carbocycles. The van der Waals surface area contributed by atoms with Crippen molar-refractivity contribution in [3.8, 4) is 0 Å². The molecule has 0 aliphatic heterocycles. The quantitative estimate of drug-likeness (QED) is 0.587. The van der Waals surface area contributed by atoms with Crippen LogP contribution >= 0.6 is 0 Å². The van der Waals surface area contributed by atoms with Crippen molar-refractivity contribution in [2.75, 3.05) is 13.2 Å². The highest BCUT2D eigenvalue weighted by atomic mass is 16.5. The number of rotatable bonds is 7. The number of carbonyl (C=O) groups is 2. The third-order valence-corrected chi connectivity index (χ3v) is 1.60. The maximum atomic E-state index is 10.6. The van der Waals surface area contributed by atoms with Gasteiger partial charge in [0.25, 0.3) is 0 Å². The molecule has 0 unspecified atom stereocenters. The molecule has 0 radical (unpaired) electrons. The van der Waals surface area contributed by atoms with Gasteiger partial charge in [-0.3, -0.25) is 4.79 Å². The van der Waals surface area contributed by atoms with E-state index in [4.69, 9.17) is 9.84 Å². The number of carbonyl (C=O) groups excluding carboxylic acids is 1. The number of amides is 1. The molecule has 0 saturated heterocycles. The Balaban J connectivity index is 3.74. The van der Waals surface area contributed by atoms with Crippen LogP contribution in [0.1, 0.15) is 26.7 Å². The van der Waals surface area contributed by atoms with Crippen LogP contribution in [-0.2, 0) is 14.3 Å². The SMILES string of the molecule is CCCCOC[C@H](NC(C)=O)C(=O)O. The molecular weight excluding hydrogens is 186 g/mol. The van der Waals surface area contributed by atoms with E-state index in [1.807, 2.05) is 6.92 Å². The Morgan fingerprint density at radius 1 is 1.50 bits per heavy atom. The Bertz CT molecular complexity index is 193. The zero-order valence-corrected chi connectivity index (χ0v) is 8.58. The average Bonchev–Trinajstić information content (AvgIpc) is 2.09. The molecule has 1 amide bonds. The number of ether oxygens (including phenoxy) is 1. The van der Waals surface area contributed by atoms with Crippen LogP contribution in [0.3, 0.4) is 0 Å². The Kier molecular flexibility index (Phi) is 6.74. The second-order valence-corrected chi connectivity index (χ2v) is 3.02. The first kappa shape index (κ1) is 12.9. The van der Waals surface area contributed by atoms with Gasteiger partial charge in [0, 0.05) is 13.5 Å². The third-order valence-electron chi connectivity index (χ3n) is 1.60. The van der Waals surface area contributed by atoms with Crippen LogP contribution in [0.2, 0.25) is 0 Å². The van der Waals surface area contributed by atoms with Crippen LogP contribution < -0.4 is 5.32 Å². The van der Waals surface area contributed by atoms with Crippen LogP contribution in [0, 0.1) is 0 Å². The molecule has 0 aromatic carbocycles. The lowest BCUT2D eigenvalue weighted by Gasteiger charge is -2.13. The molecule has 0 aliphatic rings. The number of nitrogens with one attached hydrogen (secondary N) is 1. The number of aliphatic carboxylic acids is 1. The highest BCUT2D eigenvalue weighted by molar-refractivity contribution is 5.82. The van der Waals surface area contributed by atoms with Gasteiger partial charge in [-0.15, -0.1) is 0 Å². The van der Waals surface area contributed by atoms with Crippen molar-refractivity contribution in [3.05, 3.63) is 0 Å². The van der Waals surface area contributed by atoms with Crippen LogP contribution in [-0.4, -0.2) is 36.2 Å². The lowest BCUT2D eigenvalue weighted by atomic mass is 10.3. The van der Waals surface area contributed by atoms with Crippen molar-refractivity contribution in [3.63, 3.8) is 0 Å². The smallest absolute Gasteiger partial charge is 0.328 e. The van der Waals surface area contributed by atoms with E-state index >= 15 is 0 Å². The molecule has 0 aromatic heterocycles. The summed E-state index contributed by atoms with van der Waals surface area (Å²) in [5.74, 6) is -1.44. The van der Waals surface area contributed by atoms with Gasteiger partial charge >= 0.3 is 5.97 Å². The highest BCUT2D eigenvalue weighted by Gasteiger charge is 2.17. The van der Waals surface area contributed by atoms with Crippen LogP contribution in [0.5, 0.6) is 0 Å². The van der Waals surface area contributed by atoms with Gasteiger partial charge in [-0.05, 0) is 6.42 Å². The Morgan fingerprint density at radius 2 is 2.14 bits per heavy atom. The molecule has 0 saturated carbocycles. The Hall–Kier alpha value is -1.10. The first-order valence-electron chi connectivity index (χ1n) is 4.65. The lowest BCUT2D eigenvalue weighted by Crippen LogP contribution is -2.43. The minimum atomic E-state index is -1.07. The molecule has 1 atom stereocenters. The third kappa shape index (κ3) is 6.42. The molecule has 0 heterocycles. The van der Waals surface area contributed by atoms with Gasteiger partial charge in [0.2, 0.25) is 5.91 Å². The zero-order valence-electron chi connectivity index (χ0n) is 8.58.